The van der Waals surface area contributed by atoms with Crippen LogP contribution < -0.4 is 0 Å². The van der Waals surface area contributed by atoms with Gasteiger partial charge in [0.1, 0.15) is 11.9 Å². The molecule has 1 aromatic rings. The smallest absolute Gasteiger partial charge is 0.143 e. The summed E-state index contributed by atoms with van der Waals surface area (Å²) in [5.74, 6) is 2.04. The van der Waals surface area contributed by atoms with Crippen LogP contribution in [0.5, 0.6) is 5.75 Å². The zero-order chi connectivity index (χ0) is 9.14. The summed E-state index contributed by atoms with van der Waals surface area (Å²) in [5.41, 5.74) is 0.255. The molecular weight excluding hydrogens is 176 g/mol. The van der Waals surface area contributed by atoms with Crippen LogP contribution in [0.2, 0.25) is 5.02 Å². The molecular formula is C9H7ClO2. The van der Waals surface area contributed by atoms with Gasteiger partial charge >= 0.3 is 0 Å². The summed E-state index contributed by atoms with van der Waals surface area (Å²) in [5, 5.41) is 18.8. The van der Waals surface area contributed by atoms with Crippen LogP contribution in [-0.2, 0) is 0 Å². The monoisotopic (exact) mass is 182 g/mol. The fraction of sp³-hybridized carbons (Fsp3) is 0.111. The molecule has 0 amide bonds. The van der Waals surface area contributed by atoms with Crippen molar-refractivity contribution in [2.24, 2.45) is 0 Å². The van der Waals surface area contributed by atoms with Crippen molar-refractivity contribution in [3.8, 4) is 18.1 Å². The van der Waals surface area contributed by atoms with E-state index in [9.17, 15) is 10.2 Å². The Kier molecular flexibility index (Phi) is 2.59. The Labute approximate surface area is 75.4 Å². The Morgan fingerprint density at radius 1 is 1.50 bits per heavy atom. The number of hydrogen-bond donors (Lipinski definition) is 2. The van der Waals surface area contributed by atoms with Gasteiger partial charge in [-0.1, -0.05) is 17.5 Å². The second kappa shape index (κ2) is 3.48. The average Bonchev–Trinajstić information content (AvgIpc) is 2.08. The first-order valence-electron chi connectivity index (χ1n) is 3.27. The molecule has 0 spiro atoms. The quantitative estimate of drug-likeness (QED) is 0.650. The highest BCUT2D eigenvalue weighted by molar-refractivity contribution is 6.30. The molecule has 0 bridgehead atoms. The molecule has 1 atom stereocenters. The summed E-state index contributed by atoms with van der Waals surface area (Å²) in [6.45, 7) is 0. The molecule has 12 heavy (non-hydrogen) atoms. The van der Waals surface area contributed by atoms with Crippen LogP contribution in [0.25, 0.3) is 0 Å². The van der Waals surface area contributed by atoms with Crippen molar-refractivity contribution in [1.29, 1.82) is 0 Å². The number of phenols is 1. The standard InChI is InChI=1S/C9H7ClO2/c1-2-8(11)7-5-6(10)3-4-9(7)12/h1,3-5,8,11-12H. The Balaban J connectivity index is 3.15. The number of aliphatic hydroxyl groups is 1. The van der Waals surface area contributed by atoms with E-state index in [1.54, 1.807) is 0 Å². The number of hydrogen-bond acceptors (Lipinski definition) is 2. The number of halogens is 1. The molecule has 0 radical (unpaired) electrons. The third-order valence-electron chi connectivity index (χ3n) is 1.44. The maximum atomic E-state index is 9.22. The Hall–Kier alpha value is -1.17. The van der Waals surface area contributed by atoms with E-state index in [4.69, 9.17) is 18.0 Å². The van der Waals surface area contributed by atoms with Crippen molar-refractivity contribution in [3.63, 3.8) is 0 Å². The Morgan fingerprint density at radius 3 is 2.75 bits per heavy atom. The molecule has 1 rings (SSSR count). The zero-order valence-electron chi connectivity index (χ0n) is 6.16. The van der Waals surface area contributed by atoms with Crippen molar-refractivity contribution in [2.45, 2.75) is 6.10 Å². The summed E-state index contributed by atoms with van der Waals surface area (Å²) in [6, 6.07) is 4.34. The molecule has 0 saturated heterocycles. The molecule has 62 valence electrons. The van der Waals surface area contributed by atoms with Crippen LogP contribution >= 0.6 is 11.6 Å². The van der Waals surface area contributed by atoms with Gasteiger partial charge in [-0.05, 0) is 18.2 Å². The van der Waals surface area contributed by atoms with Crippen molar-refractivity contribution in [3.05, 3.63) is 28.8 Å². The first-order chi connectivity index (χ1) is 5.65. The summed E-state index contributed by atoms with van der Waals surface area (Å²) in [6.07, 6.45) is 3.86. The molecule has 0 aliphatic heterocycles. The third kappa shape index (κ3) is 1.70. The highest BCUT2D eigenvalue weighted by Crippen LogP contribution is 2.26. The molecule has 0 aliphatic rings. The maximum Gasteiger partial charge on any atom is 0.143 e. The normalized spacial score (nSPS) is 12.1. The van der Waals surface area contributed by atoms with E-state index in [1.807, 2.05) is 0 Å². The van der Waals surface area contributed by atoms with E-state index < -0.39 is 6.10 Å². The van der Waals surface area contributed by atoms with Crippen LogP contribution in [-0.4, -0.2) is 10.2 Å². The predicted molar refractivity (Wildman–Crippen MR) is 46.9 cm³/mol. The van der Waals surface area contributed by atoms with Crippen LogP contribution in [0.3, 0.4) is 0 Å². The maximum absolute atomic E-state index is 9.22. The molecule has 1 unspecified atom stereocenters. The highest BCUT2D eigenvalue weighted by atomic mass is 35.5. The van der Waals surface area contributed by atoms with Gasteiger partial charge in [0.25, 0.3) is 0 Å². The minimum atomic E-state index is -1.11. The van der Waals surface area contributed by atoms with Gasteiger partial charge in [0, 0.05) is 10.6 Å². The van der Waals surface area contributed by atoms with Gasteiger partial charge in [-0.2, -0.15) is 0 Å². The van der Waals surface area contributed by atoms with E-state index in [2.05, 4.69) is 5.92 Å². The summed E-state index contributed by atoms with van der Waals surface area (Å²) in [4.78, 5) is 0. The van der Waals surface area contributed by atoms with E-state index in [1.165, 1.54) is 18.2 Å². The summed E-state index contributed by atoms with van der Waals surface area (Å²) >= 11 is 5.63. The van der Waals surface area contributed by atoms with E-state index in [0.29, 0.717) is 5.02 Å². The van der Waals surface area contributed by atoms with E-state index in [-0.39, 0.29) is 11.3 Å². The van der Waals surface area contributed by atoms with Crippen molar-refractivity contribution in [2.75, 3.05) is 0 Å². The summed E-state index contributed by atoms with van der Waals surface area (Å²) in [7, 11) is 0. The molecule has 0 saturated carbocycles. The van der Waals surface area contributed by atoms with Gasteiger partial charge < -0.3 is 10.2 Å². The SMILES string of the molecule is C#CC(O)c1cc(Cl)ccc1O. The number of terminal acetylenes is 1. The van der Waals surface area contributed by atoms with Crippen LogP contribution in [0.1, 0.15) is 11.7 Å². The second-order valence-corrected chi connectivity index (χ2v) is 2.71. The van der Waals surface area contributed by atoms with Gasteiger partial charge in [-0.15, -0.1) is 6.42 Å². The number of aliphatic hydroxyl groups excluding tert-OH is 1. The Morgan fingerprint density at radius 2 is 2.17 bits per heavy atom. The van der Waals surface area contributed by atoms with Crippen molar-refractivity contribution in [1.82, 2.24) is 0 Å². The topological polar surface area (TPSA) is 40.5 Å². The molecule has 0 aliphatic carbocycles. The van der Waals surface area contributed by atoms with Crippen LogP contribution in [0.4, 0.5) is 0 Å². The molecule has 2 N–H and O–H groups in total. The predicted octanol–water partition coefficient (Wildman–Crippen LogP) is 1.71. The van der Waals surface area contributed by atoms with Crippen molar-refractivity contribution >= 4 is 11.6 Å². The minimum absolute atomic E-state index is 0.0511. The van der Waals surface area contributed by atoms with Gasteiger partial charge in [-0.3, -0.25) is 0 Å². The number of phenolic OH excluding ortho intramolecular Hbond substituents is 1. The molecule has 0 heterocycles. The van der Waals surface area contributed by atoms with Gasteiger partial charge in [0.2, 0.25) is 0 Å². The lowest BCUT2D eigenvalue weighted by molar-refractivity contribution is 0.233. The summed E-state index contributed by atoms with van der Waals surface area (Å²) < 4.78 is 0. The number of aromatic hydroxyl groups is 1. The Bertz CT molecular complexity index is 328. The molecule has 0 aromatic heterocycles. The zero-order valence-corrected chi connectivity index (χ0v) is 6.92. The fourth-order valence-corrected chi connectivity index (χ4v) is 1.01. The number of rotatable bonds is 1. The van der Waals surface area contributed by atoms with Gasteiger partial charge in [0.15, 0.2) is 0 Å². The molecule has 2 nitrogen and oxygen atoms in total. The largest absolute Gasteiger partial charge is 0.508 e. The van der Waals surface area contributed by atoms with Crippen LogP contribution in [0, 0.1) is 12.3 Å². The molecule has 3 heteroatoms. The van der Waals surface area contributed by atoms with E-state index >= 15 is 0 Å². The first-order valence-corrected chi connectivity index (χ1v) is 3.65. The molecule has 1 aromatic carbocycles. The van der Waals surface area contributed by atoms with Crippen LogP contribution in [0.15, 0.2) is 18.2 Å². The second-order valence-electron chi connectivity index (χ2n) is 2.27. The lowest BCUT2D eigenvalue weighted by Gasteiger charge is -2.06. The van der Waals surface area contributed by atoms with Gasteiger partial charge in [-0.25, -0.2) is 0 Å². The first kappa shape index (κ1) is 8.92. The number of benzene rings is 1. The third-order valence-corrected chi connectivity index (χ3v) is 1.68. The fourth-order valence-electron chi connectivity index (χ4n) is 0.834. The lowest BCUT2D eigenvalue weighted by Crippen LogP contribution is -1.93. The van der Waals surface area contributed by atoms with Crippen molar-refractivity contribution < 1.29 is 10.2 Å². The van der Waals surface area contributed by atoms with E-state index in [0.717, 1.165) is 0 Å². The highest BCUT2D eigenvalue weighted by Gasteiger charge is 2.08. The minimum Gasteiger partial charge on any atom is -0.508 e. The molecule has 0 fully saturated rings. The lowest BCUT2D eigenvalue weighted by atomic mass is 10.1. The van der Waals surface area contributed by atoms with Gasteiger partial charge in [0.05, 0.1) is 0 Å². The average molecular weight is 183 g/mol.